The van der Waals surface area contributed by atoms with E-state index < -0.39 is 0 Å². The molecule has 4 aromatic rings. The molecule has 0 saturated carbocycles. The van der Waals surface area contributed by atoms with Gasteiger partial charge in [-0.1, -0.05) is 19.1 Å². The van der Waals surface area contributed by atoms with E-state index in [9.17, 15) is 4.39 Å². The first-order valence-electron chi connectivity index (χ1n) is 8.95. The van der Waals surface area contributed by atoms with Gasteiger partial charge < -0.3 is 4.42 Å². The molecule has 5 rings (SSSR count). The Bertz CT molecular complexity index is 1100. The van der Waals surface area contributed by atoms with E-state index >= 15 is 0 Å². The SMILES string of the molecule is CC1CCc2c(sc3nc(-c4ccccc4F)cc(-c4ccco4)c23)C1. The normalized spacial score (nSPS) is 16.8. The van der Waals surface area contributed by atoms with Crippen molar-refractivity contribution in [1.82, 2.24) is 4.98 Å². The van der Waals surface area contributed by atoms with Gasteiger partial charge in [-0.25, -0.2) is 9.37 Å². The van der Waals surface area contributed by atoms with E-state index in [0.717, 1.165) is 29.0 Å². The first-order chi connectivity index (χ1) is 12.7. The fourth-order valence-electron chi connectivity index (χ4n) is 3.88. The third kappa shape index (κ3) is 2.48. The van der Waals surface area contributed by atoms with Crippen LogP contribution >= 0.6 is 11.3 Å². The second-order valence-corrected chi connectivity index (χ2v) is 8.13. The molecule has 0 spiro atoms. The van der Waals surface area contributed by atoms with Gasteiger partial charge in [-0.05, 0) is 61.1 Å². The van der Waals surface area contributed by atoms with Crippen LogP contribution in [0.4, 0.5) is 4.39 Å². The Hall–Kier alpha value is -2.46. The number of hydrogen-bond donors (Lipinski definition) is 0. The van der Waals surface area contributed by atoms with E-state index in [2.05, 4.69) is 6.92 Å². The van der Waals surface area contributed by atoms with Gasteiger partial charge in [-0.15, -0.1) is 11.3 Å². The molecule has 130 valence electrons. The Balaban J connectivity index is 1.82. The van der Waals surface area contributed by atoms with Crippen molar-refractivity contribution in [2.75, 3.05) is 0 Å². The molecule has 1 atom stereocenters. The number of pyridine rings is 1. The van der Waals surface area contributed by atoms with Crippen LogP contribution in [0.1, 0.15) is 23.8 Å². The molecule has 1 aromatic carbocycles. The van der Waals surface area contributed by atoms with Crippen LogP contribution < -0.4 is 0 Å². The van der Waals surface area contributed by atoms with Gasteiger partial charge in [0.2, 0.25) is 0 Å². The summed E-state index contributed by atoms with van der Waals surface area (Å²) in [4.78, 5) is 7.25. The van der Waals surface area contributed by atoms with Crippen molar-refractivity contribution in [2.24, 2.45) is 5.92 Å². The van der Waals surface area contributed by atoms with Crippen molar-refractivity contribution < 1.29 is 8.81 Å². The highest BCUT2D eigenvalue weighted by Crippen LogP contribution is 2.43. The van der Waals surface area contributed by atoms with E-state index in [1.165, 1.54) is 28.3 Å². The Morgan fingerprint density at radius 1 is 1.15 bits per heavy atom. The molecule has 1 aliphatic rings. The molecular weight excluding hydrogens is 345 g/mol. The number of fused-ring (bicyclic) bond motifs is 3. The number of hydrogen-bond acceptors (Lipinski definition) is 3. The minimum absolute atomic E-state index is 0.250. The molecule has 4 heteroatoms. The minimum Gasteiger partial charge on any atom is -0.464 e. The predicted octanol–water partition coefficient (Wildman–Crippen LogP) is 6.49. The zero-order valence-electron chi connectivity index (χ0n) is 14.5. The molecule has 2 nitrogen and oxygen atoms in total. The van der Waals surface area contributed by atoms with Crippen LogP contribution in [0, 0.1) is 11.7 Å². The predicted molar refractivity (Wildman–Crippen MR) is 104 cm³/mol. The Morgan fingerprint density at radius 3 is 2.85 bits per heavy atom. The number of thiophene rings is 1. The number of rotatable bonds is 2. The van der Waals surface area contributed by atoms with Crippen LogP contribution in [-0.4, -0.2) is 4.98 Å². The molecule has 0 amide bonds. The molecule has 0 saturated heterocycles. The molecule has 1 unspecified atom stereocenters. The average Bonchev–Trinajstić information content (AvgIpc) is 3.28. The van der Waals surface area contributed by atoms with Gasteiger partial charge in [-0.3, -0.25) is 0 Å². The lowest BCUT2D eigenvalue weighted by Gasteiger charge is -2.18. The molecule has 26 heavy (non-hydrogen) atoms. The summed E-state index contributed by atoms with van der Waals surface area (Å²) in [7, 11) is 0. The van der Waals surface area contributed by atoms with Gasteiger partial charge in [0.05, 0.1) is 12.0 Å². The van der Waals surface area contributed by atoms with Crippen LogP contribution in [-0.2, 0) is 12.8 Å². The summed E-state index contributed by atoms with van der Waals surface area (Å²) in [6.45, 7) is 2.30. The maximum Gasteiger partial charge on any atom is 0.134 e. The fraction of sp³-hybridized carbons (Fsp3) is 0.227. The number of nitrogens with zero attached hydrogens (tertiary/aromatic N) is 1. The fourth-order valence-corrected chi connectivity index (χ4v) is 5.28. The first kappa shape index (κ1) is 15.8. The molecule has 3 heterocycles. The highest BCUT2D eigenvalue weighted by molar-refractivity contribution is 7.19. The van der Waals surface area contributed by atoms with Crippen molar-refractivity contribution in [1.29, 1.82) is 0 Å². The van der Waals surface area contributed by atoms with E-state index in [1.54, 1.807) is 29.7 Å². The van der Waals surface area contributed by atoms with Gasteiger partial charge in [0.15, 0.2) is 0 Å². The van der Waals surface area contributed by atoms with Crippen LogP contribution in [0.25, 0.3) is 32.8 Å². The summed E-state index contributed by atoms with van der Waals surface area (Å²) in [5.41, 5.74) is 3.61. The number of halogens is 1. The lowest BCUT2D eigenvalue weighted by molar-refractivity contribution is 0.509. The summed E-state index contributed by atoms with van der Waals surface area (Å²) in [5.74, 6) is 1.27. The topological polar surface area (TPSA) is 26.0 Å². The summed E-state index contributed by atoms with van der Waals surface area (Å²) in [6, 6.07) is 12.7. The monoisotopic (exact) mass is 363 g/mol. The Morgan fingerprint density at radius 2 is 2.04 bits per heavy atom. The highest BCUT2D eigenvalue weighted by Gasteiger charge is 2.24. The summed E-state index contributed by atoms with van der Waals surface area (Å²) in [6.07, 6.45) is 5.06. The van der Waals surface area contributed by atoms with Crippen molar-refractivity contribution in [2.45, 2.75) is 26.2 Å². The highest BCUT2D eigenvalue weighted by atomic mass is 32.1. The number of furan rings is 1. The van der Waals surface area contributed by atoms with Crippen LogP contribution in [0.3, 0.4) is 0 Å². The number of aryl methyl sites for hydroxylation is 1. The molecular formula is C22H18FNOS. The molecule has 1 aliphatic carbocycles. The standard InChI is InChI=1S/C22H18FNOS/c1-13-8-9-15-20(11-13)26-22-21(15)16(19-7-4-10-25-19)12-18(24-22)14-5-2-3-6-17(14)23/h2-7,10,12-13H,8-9,11H2,1H3. The summed E-state index contributed by atoms with van der Waals surface area (Å²) < 4.78 is 20.1. The lowest BCUT2D eigenvalue weighted by atomic mass is 9.88. The van der Waals surface area contributed by atoms with Crippen LogP contribution in [0.15, 0.2) is 53.1 Å². The Kier molecular flexibility index (Phi) is 3.68. The van der Waals surface area contributed by atoms with Gasteiger partial charge in [0.1, 0.15) is 16.4 Å². The van der Waals surface area contributed by atoms with E-state index in [0.29, 0.717) is 17.2 Å². The van der Waals surface area contributed by atoms with Gasteiger partial charge in [-0.2, -0.15) is 0 Å². The second-order valence-electron chi connectivity index (χ2n) is 7.04. The van der Waals surface area contributed by atoms with E-state index in [-0.39, 0.29) is 5.82 Å². The zero-order valence-corrected chi connectivity index (χ0v) is 15.3. The molecule has 0 bridgehead atoms. The smallest absolute Gasteiger partial charge is 0.134 e. The third-order valence-corrected chi connectivity index (χ3v) is 6.35. The van der Waals surface area contributed by atoms with E-state index in [4.69, 9.17) is 9.40 Å². The van der Waals surface area contributed by atoms with E-state index in [1.807, 2.05) is 24.3 Å². The van der Waals surface area contributed by atoms with Gasteiger partial charge in [0.25, 0.3) is 0 Å². The molecule has 0 aliphatic heterocycles. The molecule has 0 N–H and O–H groups in total. The molecule has 0 fully saturated rings. The summed E-state index contributed by atoms with van der Waals surface area (Å²) >= 11 is 1.75. The van der Waals surface area contributed by atoms with Gasteiger partial charge >= 0.3 is 0 Å². The lowest BCUT2D eigenvalue weighted by Crippen LogP contribution is -2.08. The first-order valence-corrected chi connectivity index (χ1v) is 9.76. The maximum absolute atomic E-state index is 14.4. The van der Waals surface area contributed by atoms with Crippen LogP contribution in [0.5, 0.6) is 0 Å². The van der Waals surface area contributed by atoms with Gasteiger partial charge in [0, 0.05) is 21.4 Å². The van der Waals surface area contributed by atoms with Crippen molar-refractivity contribution >= 4 is 21.6 Å². The zero-order chi connectivity index (χ0) is 17.7. The maximum atomic E-state index is 14.4. The molecule has 0 radical (unpaired) electrons. The van der Waals surface area contributed by atoms with Crippen LogP contribution in [0.2, 0.25) is 0 Å². The summed E-state index contributed by atoms with van der Waals surface area (Å²) in [5, 5.41) is 1.19. The second kappa shape index (κ2) is 6.06. The minimum atomic E-state index is -0.250. The quantitative estimate of drug-likeness (QED) is 0.407. The Labute approximate surface area is 155 Å². The average molecular weight is 363 g/mol. The number of benzene rings is 1. The number of aromatic nitrogens is 1. The van der Waals surface area contributed by atoms with Crippen molar-refractivity contribution in [3.63, 3.8) is 0 Å². The van der Waals surface area contributed by atoms with Crippen molar-refractivity contribution in [3.05, 3.63) is 65.0 Å². The van der Waals surface area contributed by atoms with Crippen molar-refractivity contribution in [3.8, 4) is 22.6 Å². The molecule has 3 aromatic heterocycles. The third-order valence-electron chi connectivity index (χ3n) is 5.20. The largest absolute Gasteiger partial charge is 0.464 e.